The minimum atomic E-state index is -4.64. The van der Waals surface area contributed by atoms with E-state index in [0.29, 0.717) is 18.1 Å². The first-order valence-corrected chi connectivity index (χ1v) is 8.80. The van der Waals surface area contributed by atoms with Gasteiger partial charge in [-0.15, -0.1) is 0 Å². The number of nitrogens with zero attached hydrogens (tertiary/aromatic N) is 1. The van der Waals surface area contributed by atoms with Crippen LogP contribution in [0.5, 0.6) is 0 Å². The molecule has 3 rings (SSSR count). The summed E-state index contributed by atoms with van der Waals surface area (Å²) in [5, 5.41) is 2.20. The van der Waals surface area contributed by atoms with Gasteiger partial charge in [0.25, 0.3) is 5.91 Å². The van der Waals surface area contributed by atoms with Crippen molar-refractivity contribution in [2.75, 3.05) is 19.0 Å². The van der Waals surface area contributed by atoms with Crippen molar-refractivity contribution in [1.29, 1.82) is 0 Å². The van der Waals surface area contributed by atoms with Gasteiger partial charge in [0.1, 0.15) is 11.9 Å². The van der Waals surface area contributed by atoms with E-state index >= 15 is 0 Å². The summed E-state index contributed by atoms with van der Waals surface area (Å²) in [6.07, 6.45) is -5.10. The van der Waals surface area contributed by atoms with Crippen LogP contribution in [0.15, 0.2) is 36.4 Å². The standard InChI is InChI=1S/C19H15ClF4N2O3/c1-29-18(28)26-7-6-10-2-4-12(21)9-13(10)16(26)17(27)25-15-8-11(19(22,23)24)3-5-14(15)20/h2-5,8-9,16H,6-7H2,1H3,(H,25,27). The second-order valence-corrected chi connectivity index (χ2v) is 6.75. The third-order valence-corrected chi connectivity index (χ3v) is 4.87. The van der Waals surface area contributed by atoms with Crippen LogP contribution in [-0.4, -0.2) is 30.6 Å². The van der Waals surface area contributed by atoms with E-state index in [1.807, 2.05) is 0 Å². The van der Waals surface area contributed by atoms with E-state index < -0.39 is 35.6 Å². The van der Waals surface area contributed by atoms with Gasteiger partial charge in [-0.2, -0.15) is 13.2 Å². The van der Waals surface area contributed by atoms with Gasteiger partial charge in [0.05, 0.1) is 23.4 Å². The van der Waals surface area contributed by atoms with Crippen LogP contribution in [0.4, 0.5) is 28.0 Å². The van der Waals surface area contributed by atoms with Gasteiger partial charge in [0, 0.05) is 6.54 Å². The van der Waals surface area contributed by atoms with Crippen LogP contribution in [-0.2, 0) is 22.1 Å². The number of methoxy groups -OCH3 is 1. The lowest BCUT2D eigenvalue weighted by Gasteiger charge is -2.35. The van der Waals surface area contributed by atoms with Crippen molar-refractivity contribution < 1.29 is 31.9 Å². The average molecular weight is 431 g/mol. The van der Waals surface area contributed by atoms with E-state index in [2.05, 4.69) is 5.32 Å². The fraction of sp³-hybridized carbons (Fsp3) is 0.263. The molecule has 1 heterocycles. The van der Waals surface area contributed by atoms with Crippen LogP contribution in [0.3, 0.4) is 0 Å². The van der Waals surface area contributed by atoms with Crippen LogP contribution < -0.4 is 5.32 Å². The summed E-state index contributed by atoms with van der Waals surface area (Å²) >= 11 is 5.93. The molecule has 29 heavy (non-hydrogen) atoms. The first-order chi connectivity index (χ1) is 13.6. The molecule has 1 N–H and O–H groups in total. The second kappa shape index (κ2) is 7.90. The zero-order chi connectivity index (χ0) is 21.3. The molecule has 1 aliphatic heterocycles. The van der Waals surface area contributed by atoms with Crippen molar-refractivity contribution in [2.24, 2.45) is 0 Å². The number of alkyl halides is 3. The predicted octanol–water partition coefficient (Wildman–Crippen LogP) is 4.80. The number of halogens is 5. The molecule has 1 aliphatic rings. The Morgan fingerprint density at radius 2 is 1.93 bits per heavy atom. The highest BCUT2D eigenvalue weighted by molar-refractivity contribution is 6.33. The molecule has 0 saturated carbocycles. The number of nitrogens with one attached hydrogen (secondary N) is 1. The molecule has 0 spiro atoms. The number of fused-ring (bicyclic) bond motifs is 1. The zero-order valence-electron chi connectivity index (χ0n) is 15.0. The lowest BCUT2D eigenvalue weighted by atomic mass is 9.92. The highest BCUT2D eigenvalue weighted by Gasteiger charge is 2.37. The zero-order valence-corrected chi connectivity index (χ0v) is 15.8. The molecule has 1 atom stereocenters. The minimum absolute atomic E-state index is 0.111. The third-order valence-electron chi connectivity index (χ3n) is 4.55. The van der Waals surface area contributed by atoms with Gasteiger partial charge in [0.15, 0.2) is 0 Å². The average Bonchev–Trinajstić information content (AvgIpc) is 2.67. The summed E-state index contributed by atoms with van der Waals surface area (Å²) < 4.78 is 57.4. The highest BCUT2D eigenvalue weighted by Crippen LogP contribution is 2.36. The van der Waals surface area contributed by atoms with Gasteiger partial charge < -0.3 is 10.1 Å². The largest absolute Gasteiger partial charge is 0.453 e. The molecule has 10 heteroatoms. The SMILES string of the molecule is COC(=O)N1CCc2ccc(F)cc2C1C(=O)Nc1cc(C(F)(F)F)ccc1Cl. The summed E-state index contributed by atoms with van der Waals surface area (Å²) in [6, 6.07) is 5.02. The number of hydrogen-bond donors (Lipinski definition) is 1. The van der Waals surface area contributed by atoms with Crippen LogP contribution in [0.1, 0.15) is 22.7 Å². The first-order valence-electron chi connectivity index (χ1n) is 8.42. The minimum Gasteiger partial charge on any atom is -0.453 e. The summed E-state index contributed by atoms with van der Waals surface area (Å²) in [7, 11) is 1.13. The first kappa shape index (κ1) is 20.9. The van der Waals surface area contributed by atoms with E-state index in [1.165, 1.54) is 12.1 Å². The maximum Gasteiger partial charge on any atom is 0.416 e. The van der Waals surface area contributed by atoms with Gasteiger partial charge in [-0.3, -0.25) is 9.69 Å². The van der Waals surface area contributed by atoms with E-state index in [-0.39, 0.29) is 22.8 Å². The second-order valence-electron chi connectivity index (χ2n) is 6.34. The molecular formula is C19H15ClF4N2O3. The van der Waals surface area contributed by atoms with Crippen LogP contribution >= 0.6 is 11.6 Å². The molecule has 2 amide bonds. The maximum absolute atomic E-state index is 13.8. The topological polar surface area (TPSA) is 58.6 Å². The molecule has 0 aromatic heterocycles. The Morgan fingerprint density at radius 3 is 2.59 bits per heavy atom. The van der Waals surface area contributed by atoms with Gasteiger partial charge in [-0.05, 0) is 47.9 Å². The summed E-state index contributed by atoms with van der Waals surface area (Å²) in [5.74, 6) is -1.46. The Balaban J connectivity index is 2.00. The molecule has 154 valence electrons. The number of rotatable bonds is 2. The molecule has 0 bridgehead atoms. The number of benzene rings is 2. The summed E-state index contributed by atoms with van der Waals surface area (Å²) in [5.41, 5.74) is -0.416. The van der Waals surface area contributed by atoms with Crippen LogP contribution in [0, 0.1) is 5.82 Å². The van der Waals surface area contributed by atoms with Crippen LogP contribution in [0.25, 0.3) is 0 Å². The Hall–Kier alpha value is -2.81. The molecule has 0 aliphatic carbocycles. The smallest absolute Gasteiger partial charge is 0.416 e. The number of hydrogen-bond acceptors (Lipinski definition) is 3. The van der Waals surface area contributed by atoms with Crippen molar-refractivity contribution in [3.63, 3.8) is 0 Å². The lowest BCUT2D eigenvalue weighted by Crippen LogP contribution is -2.45. The molecule has 0 saturated heterocycles. The van der Waals surface area contributed by atoms with Crippen molar-refractivity contribution in [3.05, 3.63) is 63.9 Å². The number of ether oxygens (including phenoxy) is 1. The number of anilines is 1. The Kier molecular flexibility index (Phi) is 5.70. The fourth-order valence-electron chi connectivity index (χ4n) is 3.18. The molecule has 0 fully saturated rings. The van der Waals surface area contributed by atoms with E-state index in [1.54, 1.807) is 0 Å². The van der Waals surface area contributed by atoms with E-state index in [0.717, 1.165) is 30.2 Å². The van der Waals surface area contributed by atoms with Crippen molar-refractivity contribution in [2.45, 2.75) is 18.6 Å². The van der Waals surface area contributed by atoms with Gasteiger partial charge in [0.2, 0.25) is 0 Å². The molecule has 1 unspecified atom stereocenters. The maximum atomic E-state index is 13.8. The molecule has 2 aromatic rings. The molecule has 2 aromatic carbocycles. The fourth-order valence-corrected chi connectivity index (χ4v) is 3.35. The highest BCUT2D eigenvalue weighted by atomic mass is 35.5. The molecule has 5 nitrogen and oxygen atoms in total. The van der Waals surface area contributed by atoms with Crippen molar-refractivity contribution in [1.82, 2.24) is 4.90 Å². The number of carbonyl (C=O) groups excluding carboxylic acids is 2. The molecular weight excluding hydrogens is 416 g/mol. The van der Waals surface area contributed by atoms with Crippen molar-refractivity contribution in [3.8, 4) is 0 Å². The number of amides is 2. The van der Waals surface area contributed by atoms with Gasteiger partial charge in [-0.1, -0.05) is 17.7 Å². The molecule has 0 radical (unpaired) electrons. The lowest BCUT2D eigenvalue weighted by molar-refractivity contribution is -0.137. The quantitative estimate of drug-likeness (QED) is 0.696. The summed E-state index contributed by atoms with van der Waals surface area (Å²) in [4.78, 5) is 26.2. The van der Waals surface area contributed by atoms with E-state index in [4.69, 9.17) is 16.3 Å². The summed E-state index contributed by atoms with van der Waals surface area (Å²) in [6.45, 7) is 0.111. The monoisotopic (exact) mass is 430 g/mol. The Labute approximate surface area is 168 Å². The van der Waals surface area contributed by atoms with Gasteiger partial charge >= 0.3 is 12.3 Å². The normalized spacial score (nSPS) is 16.2. The predicted molar refractivity (Wildman–Crippen MR) is 97.0 cm³/mol. The van der Waals surface area contributed by atoms with Crippen molar-refractivity contribution >= 4 is 29.3 Å². The van der Waals surface area contributed by atoms with Crippen LogP contribution in [0.2, 0.25) is 5.02 Å². The Bertz CT molecular complexity index is 965. The third kappa shape index (κ3) is 4.29. The van der Waals surface area contributed by atoms with Gasteiger partial charge in [-0.25, -0.2) is 9.18 Å². The number of carbonyl (C=O) groups is 2. The Morgan fingerprint density at radius 1 is 1.21 bits per heavy atom. The van der Waals surface area contributed by atoms with E-state index in [9.17, 15) is 27.2 Å².